The fraction of sp³-hybridized carbons (Fsp3) is 0.733. The minimum atomic E-state index is -4.14. The SMILES string of the molecule is Cn1cc(N2CC[C@H](N[C@H]3CCC[C@@H](C(F)(F)F)C3)C2=O)cn1. The third kappa shape index (κ3) is 3.52. The highest BCUT2D eigenvalue weighted by atomic mass is 19.4. The van der Waals surface area contributed by atoms with Crippen molar-refractivity contribution in [2.24, 2.45) is 13.0 Å². The first-order valence-corrected chi connectivity index (χ1v) is 7.97. The topological polar surface area (TPSA) is 50.2 Å². The van der Waals surface area contributed by atoms with Crippen LogP contribution in [0.5, 0.6) is 0 Å². The lowest BCUT2D eigenvalue weighted by molar-refractivity contribution is -0.183. The maximum atomic E-state index is 12.9. The molecule has 5 nitrogen and oxygen atoms in total. The highest BCUT2D eigenvalue weighted by molar-refractivity contribution is 5.99. The molecule has 128 valence electrons. The molecule has 1 aliphatic carbocycles. The lowest BCUT2D eigenvalue weighted by Gasteiger charge is -2.32. The molecule has 2 aliphatic rings. The molecule has 1 aromatic rings. The van der Waals surface area contributed by atoms with Crippen LogP contribution in [0, 0.1) is 5.92 Å². The van der Waals surface area contributed by atoms with Gasteiger partial charge in [-0.3, -0.25) is 9.48 Å². The summed E-state index contributed by atoms with van der Waals surface area (Å²) in [5.74, 6) is -1.33. The molecule has 2 fully saturated rings. The van der Waals surface area contributed by atoms with E-state index in [1.165, 1.54) is 0 Å². The molecule has 1 aromatic heterocycles. The first kappa shape index (κ1) is 16.3. The Morgan fingerprint density at radius 3 is 2.74 bits per heavy atom. The summed E-state index contributed by atoms with van der Waals surface area (Å²) in [6, 6.07) is -0.634. The van der Waals surface area contributed by atoms with Crippen molar-refractivity contribution in [2.75, 3.05) is 11.4 Å². The third-order valence-electron chi connectivity index (χ3n) is 4.78. The van der Waals surface area contributed by atoms with Crippen molar-refractivity contribution < 1.29 is 18.0 Å². The number of anilines is 1. The van der Waals surface area contributed by atoms with Gasteiger partial charge in [-0.05, 0) is 25.7 Å². The van der Waals surface area contributed by atoms with Gasteiger partial charge in [-0.1, -0.05) is 6.42 Å². The van der Waals surface area contributed by atoms with Gasteiger partial charge in [0.05, 0.1) is 23.8 Å². The van der Waals surface area contributed by atoms with E-state index in [9.17, 15) is 18.0 Å². The summed E-state index contributed by atoms with van der Waals surface area (Å²) in [6.07, 6.45) is 1.38. The number of hydrogen-bond acceptors (Lipinski definition) is 3. The number of alkyl halides is 3. The number of nitrogens with one attached hydrogen (secondary N) is 1. The molecule has 2 heterocycles. The van der Waals surface area contributed by atoms with Gasteiger partial charge in [0.2, 0.25) is 5.91 Å². The van der Waals surface area contributed by atoms with Gasteiger partial charge >= 0.3 is 6.18 Å². The fourth-order valence-electron chi connectivity index (χ4n) is 3.56. The summed E-state index contributed by atoms with van der Waals surface area (Å²) in [5, 5.41) is 7.21. The van der Waals surface area contributed by atoms with Crippen LogP contribution in [0.4, 0.5) is 18.9 Å². The lowest BCUT2D eigenvalue weighted by atomic mass is 9.85. The molecule has 0 spiro atoms. The van der Waals surface area contributed by atoms with E-state index in [4.69, 9.17) is 0 Å². The number of carbonyl (C=O) groups is 1. The number of amides is 1. The predicted octanol–water partition coefficient (Wildman–Crippen LogP) is 2.24. The number of aromatic nitrogens is 2. The van der Waals surface area contributed by atoms with Crippen LogP contribution in [-0.2, 0) is 11.8 Å². The second-order valence-corrected chi connectivity index (χ2v) is 6.47. The van der Waals surface area contributed by atoms with Crippen LogP contribution >= 0.6 is 0 Å². The molecule has 3 atom stereocenters. The van der Waals surface area contributed by atoms with Crippen LogP contribution in [0.2, 0.25) is 0 Å². The molecular weight excluding hydrogens is 309 g/mol. The molecule has 3 rings (SSSR count). The van der Waals surface area contributed by atoms with E-state index in [2.05, 4.69) is 10.4 Å². The first-order valence-electron chi connectivity index (χ1n) is 7.97. The maximum Gasteiger partial charge on any atom is 0.391 e. The van der Waals surface area contributed by atoms with E-state index in [1.54, 1.807) is 29.0 Å². The van der Waals surface area contributed by atoms with Gasteiger partial charge in [-0.15, -0.1) is 0 Å². The normalized spacial score (nSPS) is 29.3. The van der Waals surface area contributed by atoms with E-state index in [1.807, 2.05) is 0 Å². The number of hydrogen-bond donors (Lipinski definition) is 1. The van der Waals surface area contributed by atoms with Gasteiger partial charge in [-0.25, -0.2) is 0 Å². The molecule has 0 bridgehead atoms. The van der Waals surface area contributed by atoms with Crippen molar-refractivity contribution in [2.45, 2.75) is 50.4 Å². The summed E-state index contributed by atoms with van der Waals surface area (Å²) >= 11 is 0. The maximum absolute atomic E-state index is 12.9. The molecule has 1 saturated heterocycles. The first-order chi connectivity index (χ1) is 10.8. The van der Waals surface area contributed by atoms with Crippen LogP contribution in [0.1, 0.15) is 32.1 Å². The van der Waals surface area contributed by atoms with E-state index in [-0.39, 0.29) is 24.8 Å². The second-order valence-electron chi connectivity index (χ2n) is 6.47. The van der Waals surface area contributed by atoms with Crippen LogP contribution in [0.15, 0.2) is 12.4 Å². The highest BCUT2D eigenvalue weighted by Gasteiger charge is 2.43. The molecule has 1 N–H and O–H groups in total. The van der Waals surface area contributed by atoms with Gasteiger partial charge in [-0.2, -0.15) is 18.3 Å². The predicted molar refractivity (Wildman–Crippen MR) is 78.9 cm³/mol. The number of carbonyl (C=O) groups excluding carboxylic acids is 1. The molecule has 8 heteroatoms. The lowest BCUT2D eigenvalue weighted by Crippen LogP contribution is -2.47. The van der Waals surface area contributed by atoms with Gasteiger partial charge in [0, 0.05) is 25.8 Å². The molecule has 0 aromatic carbocycles. The summed E-state index contributed by atoms with van der Waals surface area (Å²) in [5.41, 5.74) is 0.735. The van der Waals surface area contributed by atoms with Crippen LogP contribution in [0.3, 0.4) is 0 Å². The third-order valence-corrected chi connectivity index (χ3v) is 4.78. The second kappa shape index (κ2) is 6.14. The summed E-state index contributed by atoms with van der Waals surface area (Å²) in [7, 11) is 1.78. The van der Waals surface area contributed by atoms with Crippen LogP contribution in [0.25, 0.3) is 0 Å². The smallest absolute Gasteiger partial charge is 0.308 e. The molecule has 0 unspecified atom stereocenters. The van der Waals surface area contributed by atoms with E-state index in [0.717, 1.165) is 5.69 Å². The zero-order valence-electron chi connectivity index (χ0n) is 13.0. The standard InChI is InChI=1S/C15H21F3N4O/c1-21-9-12(8-19-21)22-6-5-13(14(22)23)20-11-4-2-3-10(7-11)15(16,17)18/h8-11,13,20H,2-7H2,1H3/t10-,11+,13+/m1/s1. The monoisotopic (exact) mass is 330 g/mol. The molecule has 1 amide bonds. The Labute approximate surface area is 132 Å². The number of halogens is 3. The van der Waals surface area contributed by atoms with Gasteiger partial charge < -0.3 is 10.2 Å². The Hall–Kier alpha value is -1.57. The summed E-state index contributed by atoms with van der Waals surface area (Å²) in [4.78, 5) is 14.1. The van der Waals surface area contributed by atoms with Crippen molar-refractivity contribution >= 4 is 11.6 Å². The van der Waals surface area contributed by atoms with E-state index < -0.39 is 18.1 Å². The molecule has 0 radical (unpaired) electrons. The van der Waals surface area contributed by atoms with E-state index in [0.29, 0.717) is 25.8 Å². The van der Waals surface area contributed by atoms with E-state index >= 15 is 0 Å². The molecular formula is C15H21F3N4O. The average Bonchev–Trinajstić information content (AvgIpc) is 3.06. The van der Waals surface area contributed by atoms with Gasteiger partial charge in [0.1, 0.15) is 0 Å². The van der Waals surface area contributed by atoms with Crippen LogP contribution in [-0.4, -0.2) is 40.5 Å². The van der Waals surface area contributed by atoms with Gasteiger partial charge in [0.25, 0.3) is 0 Å². The van der Waals surface area contributed by atoms with Crippen molar-refractivity contribution in [1.29, 1.82) is 0 Å². The Morgan fingerprint density at radius 1 is 1.30 bits per heavy atom. The largest absolute Gasteiger partial charge is 0.391 e. The number of aryl methyl sites for hydroxylation is 1. The molecule has 23 heavy (non-hydrogen) atoms. The minimum absolute atomic E-state index is 0.0696. The van der Waals surface area contributed by atoms with Crippen molar-refractivity contribution in [3.05, 3.63) is 12.4 Å². The zero-order chi connectivity index (χ0) is 16.6. The van der Waals surface area contributed by atoms with Gasteiger partial charge in [0.15, 0.2) is 0 Å². The average molecular weight is 330 g/mol. The summed E-state index contributed by atoms with van der Waals surface area (Å²) in [6.45, 7) is 0.567. The van der Waals surface area contributed by atoms with Crippen LogP contribution < -0.4 is 10.2 Å². The quantitative estimate of drug-likeness (QED) is 0.925. The Bertz CT molecular complexity index is 571. The van der Waals surface area contributed by atoms with Crippen molar-refractivity contribution in [3.8, 4) is 0 Å². The zero-order valence-corrected chi connectivity index (χ0v) is 13.0. The number of rotatable bonds is 3. The molecule has 1 aliphatic heterocycles. The molecule has 1 saturated carbocycles. The Morgan fingerprint density at radius 2 is 2.09 bits per heavy atom. The summed E-state index contributed by atoms with van der Waals surface area (Å²) < 4.78 is 40.3. The fourth-order valence-corrected chi connectivity index (χ4v) is 3.56. The Kier molecular flexibility index (Phi) is 4.35. The number of nitrogens with zero attached hydrogens (tertiary/aromatic N) is 3. The minimum Gasteiger partial charge on any atom is -0.308 e. The highest BCUT2D eigenvalue weighted by Crippen LogP contribution is 2.37. The van der Waals surface area contributed by atoms with Crippen molar-refractivity contribution in [3.63, 3.8) is 0 Å². The Balaban J connectivity index is 1.59. The van der Waals surface area contributed by atoms with Crippen molar-refractivity contribution in [1.82, 2.24) is 15.1 Å².